The molecule has 0 aromatic heterocycles. The van der Waals surface area contributed by atoms with Crippen molar-refractivity contribution in [1.82, 2.24) is 10.2 Å². The van der Waals surface area contributed by atoms with Crippen LogP contribution in [0.4, 0.5) is 0 Å². The van der Waals surface area contributed by atoms with Gasteiger partial charge in [-0.3, -0.25) is 9.69 Å². The average molecular weight is 298 g/mol. The lowest BCUT2D eigenvalue weighted by atomic mass is 10.1. The topological polar surface area (TPSA) is 41.6 Å². The first-order valence-electron chi connectivity index (χ1n) is 7.80. The smallest absolute Gasteiger partial charge is 0.234 e. The molecule has 0 unspecified atom stereocenters. The predicted molar refractivity (Wildman–Crippen MR) is 88.1 cm³/mol. The van der Waals surface area contributed by atoms with E-state index in [4.69, 9.17) is 4.74 Å². The van der Waals surface area contributed by atoms with Crippen molar-refractivity contribution in [3.63, 3.8) is 0 Å². The quantitative estimate of drug-likeness (QED) is 0.853. The normalized spacial score (nSPS) is 14.3. The molecular formula is C18H22N2O2. The van der Waals surface area contributed by atoms with Crippen molar-refractivity contribution in [2.24, 2.45) is 0 Å². The van der Waals surface area contributed by atoms with Crippen molar-refractivity contribution in [2.75, 3.05) is 26.7 Å². The highest BCUT2D eigenvalue weighted by Gasteiger charge is 2.23. The summed E-state index contributed by atoms with van der Waals surface area (Å²) in [5.41, 5.74) is 0. The molecule has 116 valence electrons. The van der Waals surface area contributed by atoms with Gasteiger partial charge < -0.3 is 10.1 Å². The first-order valence-corrected chi connectivity index (χ1v) is 7.80. The molecule has 1 saturated carbocycles. The molecule has 3 rings (SSSR count). The van der Waals surface area contributed by atoms with E-state index in [1.165, 1.54) is 10.8 Å². The van der Waals surface area contributed by atoms with Crippen LogP contribution in [0.1, 0.15) is 12.8 Å². The number of rotatable bonds is 7. The van der Waals surface area contributed by atoms with E-state index in [1.807, 2.05) is 30.1 Å². The molecule has 22 heavy (non-hydrogen) atoms. The van der Waals surface area contributed by atoms with Gasteiger partial charge in [0.2, 0.25) is 5.91 Å². The second-order valence-corrected chi connectivity index (χ2v) is 5.94. The van der Waals surface area contributed by atoms with Crippen LogP contribution in [-0.2, 0) is 4.79 Å². The summed E-state index contributed by atoms with van der Waals surface area (Å²) < 4.78 is 5.79. The lowest BCUT2D eigenvalue weighted by Crippen LogP contribution is -2.37. The Hall–Kier alpha value is -2.07. The minimum atomic E-state index is 0.107. The molecule has 0 bridgehead atoms. The Morgan fingerprint density at radius 2 is 2.00 bits per heavy atom. The van der Waals surface area contributed by atoms with Gasteiger partial charge in [0.05, 0.1) is 6.54 Å². The number of hydrogen-bond acceptors (Lipinski definition) is 3. The Bertz CT molecular complexity index is 652. The highest BCUT2D eigenvalue weighted by Crippen LogP contribution is 2.20. The van der Waals surface area contributed by atoms with Crippen molar-refractivity contribution in [1.29, 1.82) is 0 Å². The second kappa shape index (κ2) is 6.79. The van der Waals surface area contributed by atoms with Crippen LogP contribution in [0.3, 0.4) is 0 Å². The highest BCUT2D eigenvalue weighted by molar-refractivity contribution is 5.83. The Morgan fingerprint density at radius 1 is 1.23 bits per heavy atom. The summed E-state index contributed by atoms with van der Waals surface area (Å²) in [6.45, 7) is 1.73. The zero-order valence-corrected chi connectivity index (χ0v) is 12.9. The van der Waals surface area contributed by atoms with Crippen LogP contribution >= 0.6 is 0 Å². The number of benzene rings is 2. The Balaban J connectivity index is 1.43. The molecule has 2 aromatic carbocycles. The standard InChI is InChI=1S/C18H22N2O2/c1-20(13-18(21)19-16-7-8-16)10-11-22-17-9-6-14-4-2-3-5-15(14)12-17/h2-6,9,12,16H,7-8,10-11,13H2,1H3,(H,19,21). The van der Waals surface area contributed by atoms with E-state index in [2.05, 4.69) is 29.6 Å². The van der Waals surface area contributed by atoms with Crippen molar-refractivity contribution < 1.29 is 9.53 Å². The number of nitrogens with one attached hydrogen (secondary N) is 1. The summed E-state index contributed by atoms with van der Waals surface area (Å²) in [7, 11) is 1.94. The summed E-state index contributed by atoms with van der Waals surface area (Å²) in [6.07, 6.45) is 2.25. The Morgan fingerprint density at radius 3 is 2.77 bits per heavy atom. The summed E-state index contributed by atoms with van der Waals surface area (Å²) >= 11 is 0. The molecule has 0 aliphatic heterocycles. The zero-order valence-electron chi connectivity index (χ0n) is 12.9. The van der Waals surface area contributed by atoms with E-state index in [9.17, 15) is 4.79 Å². The SMILES string of the molecule is CN(CCOc1ccc2ccccc2c1)CC(=O)NC1CC1. The van der Waals surface area contributed by atoms with Crippen LogP contribution in [0.5, 0.6) is 5.75 Å². The number of carbonyl (C=O) groups is 1. The second-order valence-electron chi connectivity index (χ2n) is 5.94. The fourth-order valence-electron chi connectivity index (χ4n) is 2.40. The van der Waals surface area contributed by atoms with Crippen LogP contribution in [0, 0.1) is 0 Å². The molecule has 0 atom stereocenters. The summed E-state index contributed by atoms with van der Waals surface area (Å²) in [5, 5.41) is 5.38. The van der Waals surface area contributed by atoms with Crippen LogP contribution < -0.4 is 10.1 Å². The van der Waals surface area contributed by atoms with Gasteiger partial charge in [-0.05, 0) is 42.8 Å². The van der Waals surface area contributed by atoms with Gasteiger partial charge in [-0.2, -0.15) is 0 Å². The van der Waals surface area contributed by atoms with Crippen LogP contribution in [0.15, 0.2) is 42.5 Å². The fourth-order valence-corrected chi connectivity index (χ4v) is 2.40. The third-order valence-corrected chi connectivity index (χ3v) is 3.82. The maximum absolute atomic E-state index is 11.7. The van der Waals surface area contributed by atoms with Crippen molar-refractivity contribution >= 4 is 16.7 Å². The van der Waals surface area contributed by atoms with E-state index in [0.717, 1.165) is 25.1 Å². The first kappa shape index (κ1) is 14.9. The zero-order chi connectivity index (χ0) is 15.4. The van der Waals surface area contributed by atoms with Gasteiger partial charge in [0.15, 0.2) is 0 Å². The fraction of sp³-hybridized carbons (Fsp3) is 0.389. The first-order chi connectivity index (χ1) is 10.7. The third-order valence-electron chi connectivity index (χ3n) is 3.82. The molecule has 1 N–H and O–H groups in total. The van der Waals surface area contributed by atoms with Gasteiger partial charge in [0.25, 0.3) is 0 Å². The molecule has 4 heteroatoms. The highest BCUT2D eigenvalue weighted by atomic mass is 16.5. The van der Waals surface area contributed by atoms with E-state index in [0.29, 0.717) is 19.2 Å². The molecule has 1 aliphatic carbocycles. The van der Waals surface area contributed by atoms with Crippen LogP contribution in [0.25, 0.3) is 10.8 Å². The number of ether oxygens (including phenoxy) is 1. The van der Waals surface area contributed by atoms with Gasteiger partial charge in [0, 0.05) is 12.6 Å². The lowest BCUT2D eigenvalue weighted by molar-refractivity contribution is -0.122. The molecule has 1 amide bonds. The van der Waals surface area contributed by atoms with Gasteiger partial charge in [-0.25, -0.2) is 0 Å². The molecule has 2 aromatic rings. The van der Waals surface area contributed by atoms with E-state index in [1.54, 1.807) is 0 Å². The Labute approximate surface area is 131 Å². The third kappa shape index (κ3) is 4.21. The summed E-state index contributed by atoms with van der Waals surface area (Å²) in [6, 6.07) is 14.8. The minimum absolute atomic E-state index is 0.107. The van der Waals surface area contributed by atoms with Crippen molar-refractivity contribution in [3.05, 3.63) is 42.5 Å². The lowest BCUT2D eigenvalue weighted by Gasteiger charge is -2.16. The van der Waals surface area contributed by atoms with E-state index < -0.39 is 0 Å². The maximum Gasteiger partial charge on any atom is 0.234 e. The number of fused-ring (bicyclic) bond motifs is 1. The van der Waals surface area contributed by atoms with Gasteiger partial charge >= 0.3 is 0 Å². The maximum atomic E-state index is 11.7. The average Bonchev–Trinajstić information content (AvgIpc) is 3.31. The van der Waals surface area contributed by atoms with Gasteiger partial charge in [-0.1, -0.05) is 30.3 Å². The number of carbonyl (C=O) groups excluding carboxylic acids is 1. The number of hydrogen-bond donors (Lipinski definition) is 1. The van der Waals surface area contributed by atoms with Gasteiger partial charge in [-0.15, -0.1) is 0 Å². The molecule has 0 heterocycles. The predicted octanol–water partition coefficient (Wildman–Crippen LogP) is 2.43. The number of nitrogens with zero attached hydrogens (tertiary/aromatic N) is 1. The van der Waals surface area contributed by atoms with Crippen LogP contribution in [-0.4, -0.2) is 43.6 Å². The molecule has 0 radical (unpaired) electrons. The number of likely N-dealkylation sites (N-methyl/N-ethyl adjacent to an activating group) is 1. The minimum Gasteiger partial charge on any atom is -0.492 e. The largest absolute Gasteiger partial charge is 0.492 e. The van der Waals surface area contributed by atoms with Crippen LogP contribution in [0.2, 0.25) is 0 Å². The molecule has 1 aliphatic rings. The molecular weight excluding hydrogens is 276 g/mol. The molecule has 4 nitrogen and oxygen atoms in total. The number of amides is 1. The molecule has 1 fully saturated rings. The monoisotopic (exact) mass is 298 g/mol. The summed E-state index contributed by atoms with van der Waals surface area (Å²) in [5.74, 6) is 0.977. The van der Waals surface area contributed by atoms with E-state index >= 15 is 0 Å². The Kier molecular flexibility index (Phi) is 4.59. The van der Waals surface area contributed by atoms with Crippen molar-refractivity contribution in [2.45, 2.75) is 18.9 Å². The van der Waals surface area contributed by atoms with E-state index in [-0.39, 0.29) is 5.91 Å². The molecule has 0 saturated heterocycles. The van der Waals surface area contributed by atoms with Gasteiger partial charge in [0.1, 0.15) is 12.4 Å². The molecule has 0 spiro atoms. The van der Waals surface area contributed by atoms with Crippen molar-refractivity contribution in [3.8, 4) is 5.75 Å². The summed E-state index contributed by atoms with van der Waals surface area (Å²) in [4.78, 5) is 13.7.